The highest BCUT2D eigenvalue weighted by molar-refractivity contribution is 5.75. The number of rotatable bonds is 3. The number of Topliss-reactive ketones (excluding diaryl/α,β-unsaturated/α-hetero) is 1. The highest BCUT2D eigenvalue weighted by atomic mass is 16.7. The third-order valence-electron chi connectivity index (χ3n) is 6.21. The lowest BCUT2D eigenvalue weighted by Crippen LogP contribution is -2.38. The summed E-state index contributed by atoms with van der Waals surface area (Å²) in [6, 6.07) is 0. The number of carbonyl (C=O) groups excluding carboxylic acids is 1. The van der Waals surface area contributed by atoms with Crippen LogP contribution in [0.15, 0.2) is 0 Å². The Morgan fingerprint density at radius 1 is 1.05 bits per heavy atom. The van der Waals surface area contributed by atoms with Crippen molar-refractivity contribution in [1.82, 2.24) is 0 Å². The molecule has 0 aromatic rings. The van der Waals surface area contributed by atoms with Gasteiger partial charge in [-0.15, -0.1) is 0 Å². The highest BCUT2D eigenvalue weighted by Gasteiger charge is 2.43. The zero-order valence-corrected chi connectivity index (χ0v) is 13.6. The maximum atomic E-state index is 11.4. The van der Waals surface area contributed by atoms with Gasteiger partial charge in [0.1, 0.15) is 5.78 Å². The summed E-state index contributed by atoms with van der Waals surface area (Å²) in [6.45, 7) is 5.64. The first-order chi connectivity index (χ1) is 10.1. The Bertz CT molecular complexity index is 363. The molecule has 1 aliphatic heterocycles. The average molecular weight is 294 g/mol. The zero-order valence-electron chi connectivity index (χ0n) is 13.6. The van der Waals surface area contributed by atoms with E-state index in [1.807, 2.05) is 0 Å². The van der Waals surface area contributed by atoms with Crippen LogP contribution in [0.4, 0.5) is 0 Å². The molecule has 2 aliphatic carbocycles. The molecule has 1 heterocycles. The molecule has 1 saturated heterocycles. The van der Waals surface area contributed by atoms with E-state index in [2.05, 4.69) is 6.92 Å². The molecular formula is C18H30O3. The van der Waals surface area contributed by atoms with Crippen LogP contribution in [0.3, 0.4) is 0 Å². The summed E-state index contributed by atoms with van der Waals surface area (Å²) in [4.78, 5) is 11.4. The molecule has 3 unspecified atom stereocenters. The van der Waals surface area contributed by atoms with Crippen molar-refractivity contribution in [3.63, 3.8) is 0 Å². The molecule has 3 heteroatoms. The van der Waals surface area contributed by atoms with E-state index in [4.69, 9.17) is 9.47 Å². The molecule has 21 heavy (non-hydrogen) atoms. The molecule has 3 aliphatic rings. The van der Waals surface area contributed by atoms with E-state index < -0.39 is 0 Å². The normalized spacial score (nSPS) is 37.0. The van der Waals surface area contributed by atoms with Crippen molar-refractivity contribution < 1.29 is 14.3 Å². The van der Waals surface area contributed by atoms with E-state index in [9.17, 15) is 4.79 Å². The fourth-order valence-electron chi connectivity index (χ4n) is 4.94. The van der Waals surface area contributed by atoms with Gasteiger partial charge in [-0.2, -0.15) is 0 Å². The minimum Gasteiger partial charge on any atom is -0.348 e. The smallest absolute Gasteiger partial charge is 0.168 e. The minimum absolute atomic E-state index is 0.214. The lowest BCUT2D eigenvalue weighted by molar-refractivity contribution is -0.185. The largest absolute Gasteiger partial charge is 0.348 e. The number of hydrogen-bond acceptors (Lipinski definition) is 3. The van der Waals surface area contributed by atoms with Crippen LogP contribution in [0.5, 0.6) is 0 Å². The number of ketones is 1. The maximum Gasteiger partial charge on any atom is 0.168 e. The van der Waals surface area contributed by atoms with Crippen molar-refractivity contribution >= 4 is 5.78 Å². The number of carbonyl (C=O) groups is 1. The summed E-state index contributed by atoms with van der Waals surface area (Å²) in [5.74, 6) is 3.21. The predicted molar refractivity (Wildman–Crippen MR) is 81.9 cm³/mol. The van der Waals surface area contributed by atoms with Gasteiger partial charge in [0, 0.05) is 19.3 Å². The van der Waals surface area contributed by atoms with Crippen LogP contribution in [0.2, 0.25) is 0 Å². The van der Waals surface area contributed by atoms with Gasteiger partial charge in [0.25, 0.3) is 0 Å². The molecule has 1 spiro atoms. The molecule has 120 valence electrons. The lowest BCUT2D eigenvalue weighted by Gasteiger charge is -2.42. The third kappa shape index (κ3) is 3.50. The van der Waals surface area contributed by atoms with Crippen LogP contribution in [0.25, 0.3) is 0 Å². The summed E-state index contributed by atoms with van der Waals surface area (Å²) < 4.78 is 11.7. The van der Waals surface area contributed by atoms with Gasteiger partial charge in [0.15, 0.2) is 5.79 Å². The zero-order chi connectivity index (χ0) is 14.9. The van der Waals surface area contributed by atoms with Crippen LogP contribution in [-0.4, -0.2) is 24.8 Å². The SMILES string of the molecule is CC(=O)CC1CCC(C2CCC3(CC2)OCCO3)CC1C. The van der Waals surface area contributed by atoms with Crippen LogP contribution in [-0.2, 0) is 14.3 Å². The summed E-state index contributed by atoms with van der Waals surface area (Å²) in [6.07, 6.45) is 9.37. The van der Waals surface area contributed by atoms with E-state index in [0.29, 0.717) is 17.6 Å². The van der Waals surface area contributed by atoms with Crippen LogP contribution < -0.4 is 0 Å². The van der Waals surface area contributed by atoms with E-state index in [-0.39, 0.29) is 5.79 Å². The fourth-order valence-corrected chi connectivity index (χ4v) is 4.94. The second-order valence-electron chi connectivity index (χ2n) is 7.66. The summed E-state index contributed by atoms with van der Waals surface area (Å²) in [5, 5.41) is 0. The quantitative estimate of drug-likeness (QED) is 0.790. The van der Waals surface area contributed by atoms with E-state index in [0.717, 1.165) is 44.3 Å². The molecule has 2 saturated carbocycles. The Hall–Kier alpha value is -0.410. The van der Waals surface area contributed by atoms with Gasteiger partial charge in [-0.05, 0) is 62.7 Å². The van der Waals surface area contributed by atoms with Crippen LogP contribution >= 0.6 is 0 Å². The van der Waals surface area contributed by atoms with E-state index >= 15 is 0 Å². The Kier molecular flexibility index (Phi) is 4.70. The summed E-state index contributed by atoms with van der Waals surface area (Å²) in [5.41, 5.74) is 0. The Morgan fingerprint density at radius 3 is 2.29 bits per heavy atom. The lowest BCUT2D eigenvalue weighted by atomic mass is 9.66. The van der Waals surface area contributed by atoms with Gasteiger partial charge < -0.3 is 14.3 Å². The molecule has 0 aromatic heterocycles. The Morgan fingerprint density at radius 2 is 1.71 bits per heavy atom. The molecule has 3 fully saturated rings. The highest BCUT2D eigenvalue weighted by Crippen LogP contribution is 2.46. The summed E-state index contributed by atoms with van der Waals surface area (Å²) in [7, 11) is 0. The van der Waals surface area contributed by atoms with Gasteiger partial charge >= 0.3 is 0 Å². The predicted octanol–water partition coefficient (Wildman–Crippen LogP) is 3.95. The minimum atomic E-state index is -0.214. The monoisotopic (exact) mass is 294 g/mol. The molecule has 3 atom stereocenters. The molecule has 3 rings (SSSR count). The van der Waals surface area contributed by atoms with Crippen molar-refractivity contribution in [1.29, 1.82) is 0 Å². The molecule has 0 aromatic carbocycles. The molecule has 0 bridgehead atoms. The number of ether oxygens (including phenoxy) is 2. The van der Waals surface area contributed by atoms with Gasteiger partial charge in [-0.25, -0.2) is 0 Å². The topological polar surface area (TPSA) is 35.5 Å². The van der Waals surface area contributed by atoms with Gasteiger partial charge in [-0.1, -0.05) is 6.92 Å². The molecular weight excluding hydrogens is 264 g/mol. The molecule has 3 nitrogen and oxygen atoms in total. The van der Waals surface area contributed by atoms with Gasteiger partial charge in [-0.3, -0.25) is 0 Å². The second kappa shape index (κ2) is 6.37. The van der Waals surface area contributed by atoms with Crippen molar-refractivity contribution in [2.75, 3.05) is 13.2 Å². The van der Waals surface area contributed by atoms with Crippen LogP contribution in [0.1, 0.15) is 65.2 Å². The van der Waals surface area contributed by atoms with E-state index in [1.165, 1.54) is 32.1 Å². The van der Waals surface area contributed by atoms with Crippen molar-refractivity contribution in [3.8, 4) is 0 Å². The molecule has 0 amide bonds. The summed E-state index contributed by atoms with van der Waals surface area (Å²) >= 11 is 0. The molecule has 0 N–H and O–H groups in total. The fraction of sp³-hybridized carbons (Fsp3) is 0.944. The standard InChI is InChI=1S/C18H30O3/c1-13-11-17(4-3-16(13)12-14(2)19)15-5-7-18(8-6-15)20-9-10-21-18/h13,15-17H,3-12H2,1-2H3. The van der Waals surface area contributed by atoms with Crippen molar-refractivity contribution in [2.24, 2.45) is 23.7 Å². The average Bonchev–Trinajstić information content (AvgIpc) is 2.90. The van der Waals surface area contributed by atoms with Gasteiger partial charge in [0.05, 0.1) is 13.2 Å². The Labute approximate surface area is 128 Å². The van der Waals surface area contributed by atoms with Crippen molar-refractivity contribution in [2.45, 2.75) is 71.0 Å². The first-order valence-corrected chi connectivity index (χ1v) is 8.85. The molecule has 0 radical (unpaired) electrons. The first-order valence-electron chi connectivity index (χ1n) is 8.85. The Balaban J connectivity index is 1.49. The van der Waals surface area contributed by atoms with Crippen molar-refractivity contribution in [3.05, 3.63) is 0 Å². The van der Waals surface area contributed by atoms with E-state index in [1.54, 1.807) is 6.92 Å². The third-order valence-corrected chi connectivity index (χ3v) is 6.21. The first kappa shape index (κ1) is 15.5. The van der Waals surface area contributed by atoms with Crippen LogP contribution in [0, 0.1) is 23.7 Å². The maximum absolute atomic E-state index is 11.4. The van der Waals surface area contributed by atoms with Gasteiger partial charge in [0.2, 0.25) is 0 Å². The second-order valence-corrected chi connectivity index (χ2v) is 7.66. The number of hydrogen-bond donors (Lipinski definition) is 0.